The fourth-order valence-electron chi connectivity index (χ4n) is 2.02. The van der Waals surface area contributed by atoms with Crippen LogP contribution in [0.5, 0.6) is 0 Å². The van der Waals surface area contributed by atoms with E-state index in [2.05, 4.69) is 0 Å². The lowest BCUT2D eigenvalue weighted by molar-refractivity contribution is -0.147. The SMILES string of the molecule is CCCC(F)(F)CCCSC(CC(C)C)C(=O)OC(C)C. The Bertz CT molecular complexity index is 294. The van der Waals surface area contributed by atoms with Crippen molar-refractivity contribution >= 4 is 17.7 Å². The van der Waals surface area contributed by atoms with Gasteiger partial charge in [0.15, 0.2) is 0 Å². The zero-order chi connectivity index (χ0) is 16.5. The summed E-state index contributed by atoms with van der Waals surface area (Å²) in [6.07, 6.45) is 1.37. The first kappa shape index (κ1) is 20.7. The van der Waals surface area contributed by atoms with Gasteiger partial charge in [0.1, 0.15) is 5.25 Å². The third kappa shape index (κ3) is 11.0. The minimum atomic E-state index is -2.57. The summed E-state index contributed by atoms with van der Waals surface area (Å²) in [4.78, 5) is 12.0. The zero-order valence-corrected chi connectivity index (χ0v) is 14.8. The van der Waals surface area contributed by atoms with Gasteiger partial charge in [-0.15, -0.1) is 11.8 Å². The van der Waals surface area contributed by atoms with Gasteiger partial charge in [0.25, 0.3) is 0 Å². The van der Waals surface area contributed by atoms with Crippen LogP contribution in [0.1, 0.15) is 66.7 Å². The molecule has 0 heterocycles. The lowest BCUT2D eigenvalue weighted by Gasteiger charge is -2.20. The molecule has 0 saturated carbocycles. The van der Waals surface area contributed by atoms with E-state index in [1.807, 2.05) is 27.7 Å². The Morgan fingerprint density at radius 1 is 1.19 bits per heavy atom. The van der Waals surface area contributed by atoms with Crippen LogP contribution >= 0.6 is 11.8 Å². The summed E-state index contributed by atoms with van der Waals surface area (Å²) in [5.74, 6) is -1.83. The summed E-state index contributed by atoms with van der Waals surface area (Å²) >= 11 is 1.45. The first-order valence-corrected chi connectivity index (χ1v) is 8.92. The maximum Gasteiger partial charge on any atom is 0.319 e. The molecule has 0 spiro atoms. The highest BCUT2D eigenvalue weighted by Gasteiger charge is 2.27. The molecule has 0 rings (SSSR count). The van der Waals surface area contributed by atoms with Crippen molar-refractivity contribution in [2.75, 3.05) is 5.75 Å². The topological polar surface area (TPSA) is 26.3 Å². The van der Waals surface area contributed by atoms with Crippen LogP contribution in [0.3, 0.4) is 0 Å². The van der Waals surface area contributed by atoms with E-state index >= 15 is 0 Å². The van der Waals surface area contributed by atoms with Crippen molar-refractivity contribution in [3.63, 3.8) is 0 Å². The molecule has 1 unspecified atom stereocenters. The first-order valence-electron chi connectivity index (χ1n) is 7.88. The molecule has 21 heavy (non-hydrogen) atoms. The van der Waals surface area contributed by atoms with Crippen LogP contribution in [0.25, 0.3) is 0 Å². The van der Waals surface area contributed by atoms with Gasteiger partial charge in [0, 0.05) is 12.8 Å². The van der Waals surface area contributed by atoms with E-state index in [1.165, 1.54) is 11.8 Å². The van der Waals surface area contributed by atoms with E-state index in [0.717, 1.165) is 6.42 Å². The maximum atomic E-state index is 13.4. The second-order valence-electron chi connectivity index (χ2n) is 6.18. The highest BCUT2D eigenvalue weighted by Crippen LogP contribution is 2.28. The quantitative estimate of drug-likeness (QED) is 0.381. The number of thioether (sulfide) groups is 1. The van der Waals surface area contributed by atoms with Crippen LogP contribution in [0.2, 0.25) is 0 Å². The molecule has 5 heteroatoms. The molecule has 0 aromatic carbocycles. The largest absolute Gasteiger partial charge is 0.462 e. The standard InChI is InChI=1S/C16H30F2O2S/c1-6-8-16(17,18)9-7-10-21-14(11-12(2)3)15(19)20-13(4)5/h12-14H,6-11H2,1-5H3. The minimum absolute atomic E-state index is 0.0531. The van der Waals surface area contributed by atoms with Gasteiger partial charge in [-0.1, -0.05) is 27.2 Å². The highest BCUT2D eigenvalue weighted by molar-refractivity contribution is 8.00. The first-order chi connectivity index (χ1) is 9.68. The van der Waals surface area contributed by atoms with Crippen LogP contribution in [-0.2, 0) is 9.53 Å². The van der Waals surface area contributed by atoms with Crippen molar-refractivity contribution in [1.82, 2.24) is 0 Å². The Labute approximate surface area is 132 Å². The summed E-state index contributed by atoms with van der Waals surface area (Å²) in [6.45, 7) is 9.50. The lowest BCUT2D eigenvalue weighted by atomic mass is 10.1. The Morgan fingerprint density at radius 3 is 2.29 bits per heavy atom. The van der Waals surface area contributed by atoms with Gasteiger partial charge in [0.05, 0.1) is 6.10 Å². The molecule has 126 valence electrons. The number of carbonyl (C=O) groups excluding carboxylic acids is 1. The predicted molar refractivity (Wildman–Crippen MR) is 86.0 cm³/mol. The smallest absolute Gasteiger partial charge is 0.319 e. The van der Waals surface area contributed by atoms with Crippen molar-refractivity contribution in [3.8, 4) is 0 Å². The second kappa shape index (κ2) is 10.4. The van der Waals surface area contributed by atoms with Crippen molar-refractivity contribution in [2.45, 2.75) is 84.0 Å². The normalized spacial score (nSPS) is 13.8. The van der Waals surface area contributed by atoms with Gasteiger partial charge in [-0.3, -0.25) is 4.79 Å². The fraction of sp³-hybridized carbons (Fsp3) is 0.938. The number of rotatable bonds is 11. The Hall–Kier alpha value is -0.320. The average molecular weight is 324 g/mol. The van der Waals surface area contributed by atoms with Crippen LogP contribution < -0.4 is 0 Å². The molecule has 0 saturated heterocycles. The van der Waals surface area contributed by atoms with Gasteiger partial charge in [0.2, 0.25) is 5.92 Å². The van der Waals surface area contributed by atoms with E-state index in [-0.39, 0.29) is 30.2 Å². The number of alkyl halides is 2. The third-order valence-corrected chi connectivity index (χ3v) is 4.23. The van der Waals surface area contributed by atoms with Crippen LogP contribution in [0.15, 0.2) is 0 Å². The van der Waals surface area contributed by atoms with E-state index in [0.29, 0.717) is 24.5 Å². The number of halogens is 2. The monoisotopic (exact) mass is 324 g/mol. The molecule has 0 radical (unpaired) electrons. The summed E-state index contributed by atoms with van der Waals surface area (Å²) in [5.41, 5.74) is 0. The zero-order valence-electron chi connectivity index (χ0n) is 14.0. The molecular weight excluding hydrogens is 294 g/mol. The number of esters is 1. The van der Waals surface area contributed by atoms with Crippen molar-refractivity contribution in [1.29, 1.82) is 0 Å². The Kier molecular flexibility index (Phi) is 10.3. The van der Waals surface area contributed by atoms with Gasteiger partial charge in [-0.05, 0) is 38.4 Å². The Balaban J connectivity index is 4.21. The summed E-state index contributed by atoms with van der Waals surface area (Å²) in [7, 11) is 0. The molecular formula is C16H30F2O2S. The van der Waals surface area contributed by atoms with Crippen molar-refractivity contribution < 1.29 is 18.3 Å². The van der Waals surface area contributed by atoms with Crippen LogP contribution in [0.4, 0.5) is 8.78 Å². The number of hydrogen-bond donors (Lipinski definition) is 0. The predicted octanol–water partition coefficient (Wildman–Crippen LogP) is 5.30. The summed E-state index contributed by atoms with van der Waals surface area (Å²) < 4.78 is 32.0. The minimum Gasteiger partial charge on any atom is -0.462 e. The molecule has 0 bridgehead atoms. The molecule has 0 aromatic rings. The van der Waals surface area contributed by atoms with E-state index < -0.39 is 5.92 Å². The molecule has 0 aliphatic carbocycles. The van der Waals surface area contributed by atoms with Crippen molar-refractivity contribution in [2.24, 2.45) is 5.92 Å². The Morgan fingerprint density at radius 2 is 1.81 bits per heavy atom. The number of ether oxygens (including phenoxy) is 1. The molecule has 1 atom stereocenters. The summed E-state index contributed by atoms with van der Waals surface area (Å²) in [6, 6.07) is 0. The van der Waals surface area contributed by atoms with Gasteiger partial charge >= 0.3 is 5.97 Å². The van der Waals surface area contributed by atoms with Gasteiger partial charge < -0.3 is 4.74 Å². The van der Waals surface area contributed by atoms with E-state index in [4.69, 9.17) is 4.74 Å². The van der Waals surface area contributed by atoms with Crippen LogP contribution in [0, 0.1) is 5.92 Å². The third-order valence-electron chi connectivity index (χ3n) is 2.92. The number of carbonyl (C=O) groups is 1. The molecule has 2 nitrogen and oxygen atoms in total. The molecule has 0 amide bonds. The number of hydrogen-bond acceptors (Lipinski definition) is 3. The van der Waals surface area contributed by atoms with Gasteiger partial charge in [-0.2, -0.15) is 0 Å². The maximum absolute atomic E-state index is 13.4. The van der Waals surface area contributed by atoms with Gasteiger partial charge in [-0.25, -0.2) is 8.78 Å². The fourth-order valence-corrected chi connectivity index (χ4v) is 3.32. The lowest BCUT2D eigenvalue weighted by Crippen LogP contribution is -2.25. The second-order valence-corrected chi connectivity index (χ2v) is 7.49. The highest BCUT2D eigenvalue weighted by atomic mass is 32.2. The van der Waals surface area contributed by atoms with Crippen LogP contribution in [-0.4, -0.2) is 29.0 Å². The average Bonchev–Trinajstić information content (AvgIpc) is 2.31. The molecule has 0 fully saturated rings. The molecule has 0 aromatic heterocycles. The van der Waals surface area contributed by atoms with E-state index in [1.54, 1.807) is 6.92 Å². The molecule has 0 aliphatic heterocycles. The summed E-state index contributed by atoms with van der Waals surface area (Å²) in [5, 5.41) is -0.243. The molecule has 0 N–H and O–H groups in total. The molecule has 0 aliphatic rings. The van der Waals surface area contributed by atoms with Crippen molar-refractivity contribution in [3.05, 3.63) is 0 Å². The van der Waals surface area contributed by atoms with E-state index in [9.17, 15) is 13.6 Å².